The molecule has 110 valence electrons. The van der Waals surface area contributed by atoms with Gasteiger partial charge in [-0.3, -0.25) is 4.79 Å². The molecule has 21 heavy (non-hydrogen) atoms. The summed E-state index contributed by atoms with van der Waals surface area (Å²) in [5.41, 5.74) is 0.351. The zero-order valence-corrected chi connectivity index (χ0v) is 12.9. The molecule has 1 amide bonds. The van der Waals surface area contributed by atoms with Gasteiger partial charge in [0.25, 0.3) is 5.91 Å². The van der Waals surface area contributed by atoms with E-state index in [1.165, 1.54) is 6.42 Å². The molecule has 1 saturated carbocycles. The van der Waals surface area contributed by atoms with Crippen molar-refractivity contribution in [3.8, 4) is 5.75 Å². The van der Waals surface area contributed by atoms with Gasteiger partial charge >= 0.3 is 0 Å². The molecule has 1 fully saturated rings. The first-order valence-corrected chi connectivity index (χ1v) is 8.41. The van der Waals surface area contributed by atoms with E-state index >= 15 is 0 Å². The van der Waals surface area contributed by atoms with Gasteiger partial charge in [-0.15, -0.1) is 0 Å². The standard InChI is InChI=1S/C17H19NO2S/c1-21-17(7-4-8-17)11-18-16(20)14-9-12-5-2-3-6-13(12)10-15(14)19/h2-3,5-6,9-10,19H,4,7-8,11H2,1H3,(H,18,20). The minimum absolute atomic E-state index is 0.0398. The van der Waals surface area contributed by atoms with E-state index in [4.69, 9.17) is 0 Å². The lowest BCUT2D eigenvalue weighted by atomic mass is 9.84. The second-order valence-electron chi connectivity index (χ2n) is 5.64. The average Bonchev–Trinajstić information content (AvgIpc) is 2.45. The summed E-state index contributed by atoms with van der Waals surface area (Å²) in [5.74, 6) is -0.156. The quantitative estimate of drug-likeness (QED) is 0.908. The van der Waals surface area contributed by atoms with E-state index in [1.807, 2.05) is 36.0 Å². The highest BCUT2D eigenvalue weighted by atomic mass is 32.2. The molecular formula is C17H19NO2S. The highest BCUT2D eigenvalue weighted by Gasteiger charge is 2.36. The fourth-order valence-corrected chi connectivity index (χ4v) is 3.68. The molecule has 2 aromatic carbocycles. The summed E-state index contributed by atoms with van der Waals surface area (Å²) < 4.78 is 0.197. The number of benzene rings is 2. The normalized spacial score (nSPS) is 16.4. The van der Waals surface area contributed by atoms with Crippen molar-refractivity contribution in [1.82, 2.24) is 5.32 Å². The second kappa shape index (κ2) is 5.60. The minimum atomic E-state index is -0.196. The molecule has 0 saturated heterocycles. The highest BCUT2D eigenvalue weighted by Crippen LogP contribution is 2.42. The van der Waals surface area contributed by atoms with E-state index in [0.717, 1.165) is 23.6 Å². The molecule has 0 aliphatic heterocycles. The highest BCUT2D eigenvalue weighted by molar-refractivity contribution is 8.00. The van der Waals surface area contributed by atoms with Crippen LogP contribution in [0.1, 0.15) is 29.6 Å². The summed E-state index contributed by atoms with van der Waals surface area (Å²) in [4.78, 5) is 12.3. The topological polar surface area (TPSA) is 49.3 Å². The largest absolute Gasteiger partial charge is 0.507 e. The van der Waals surface area contributed by atoms with Crippen molar-refractivity contribution in [2.75, 3.05) is 12.8 Å². The number of aromatic hydroxyl groups is 1. The third-order valence-electron chi connectivity index (χ3n) is 4.38. The molecule has 0 atom stereocenters. The first-order chi connectivity index (χ1) is 10.1. The average molecular weight is 301 g/mol. The summed E-state index contributed by atoms with van der Waals surface area (Å²) in [6.45, 7) is 0.666. The van der Waals surface area contributed by atoms with Crippen LogP contribution in [0, 0.1) is 0 Å². The summed E-state index contributed by atoms with van der Waals surface area (Å²) in [7, 11) is 0. The van der Waals surface area contributed by atoms with E-state index in [9.17, 15) is 9.90 Å². The third-order valence-corrected chi connectivity index (χ3v) is 5.80. The fourth-order valence-electron chi connectivity index (χ4n) is 2.77. The van der Waals surface area contributed by atoms with Gasteiger partial charge in [-0.25, -0.2) is 0 Å². The van der Waals surface area contributed by atoms with Crippen molar-refractivity contribution in [3.63, 3.8) is 0 Å². The van der Waals surface area contributed by atoms with Crippen LogP contribution in [0.5, 0.6) is 5.75 Å². The maximum Gasteiger partial charge on any atom is 0.255 e. The van der Waals surface area contributed by atoms with Gasteiger partial charge < -0.3 is 10.4 Å². The van der Waals surface area contributed by atoms with Gasteiger partial charge in [0.15, 0.2) is 0 Å². The van der Waals surface area contributed by atoms with Crippen LogP contribution in [-0.2, 0) is 0 Å². The lowest BCUT2D eigenvalue weighted by molar-refractivity contribution is 0.0941. The van der Waals surface area contributed by atoms with Crippen molar-refractivity contribution in [3.05, 3.63) is 42.0 Å². The molecule has 0 unspecified atom stereocenters. The van der Waals surface area contributed by atoms with Gasteiger partial charge in [-0.2, -0.15) is 11.8 Å². The number of carbonyl (C=O) groups excluding carboxylic acids is 1. The maximum absolute atomic E-state index is 12.3. The molecule has 0 heterocycles. The number of rotatable bonds is 4. The molecule has 2 aromatic rings. The number of phenols is 1. The van der Waals surface area contributed by atoms with Crippen molar-refractivity contribution in [2.24, 2.45) is 0 Å². The number of amides is 1. The Morgan fingerprint density at radius 2 is 1.95 bits per heavy atom. The van der Waals surface area contributed by atoms with Crippen molar-refractivity contribution < 1.29 is 9.90 Å². The van der Waals surface area contributed by atoms with Crippen LogP contribution < -0.4 is 5.32 Å². The van der Waals surface area contributed by atoms with E-state index in [0.29, 0.717) is 12.1 Å². The molecule has 0 spiro atoms. The number of hydrogen-bond donors (Lipinski definition) is 2. The van der Waals surface area contributed by atoms with E-state index in [1.54, 1.807) is 12.1 Å². The molecular weight excluding hydrogens is 282 g/mol. The van der Waals surface area contributed by atoms with E-state index < -0.39 is 0 Å². The first kappa shape index (κ1) is 14.3. The predicted molar refractivity (Wildman–Crippen MR) is 88.0 cm³/mol. The molecule has 1 aliphatic carbocycles. The molecule has 3 rings (SSSR count). The van der Waals surface area contributed by atoms with Crippen LogP contribution in [0.2, 0.25) is 0 Å². The van der Waals surface area contributed by atoms with Crippen molar-refractivity contribution in [1.29, 1.82) is 0 Å². The Labute approximate surface area is 128 Å². The number of fused-ring (bicyclic) bond motifs is 1. The SMILES string of the molecule is CSC1(CNC(=O)c2cc3ccccc3cc2O)CCC1. The van der Waals surface area contributed by atoms with Crippen LogP contribution in [0.25, 0.3) is 10.8 Å². The third kappa shape index (κ3) is 2.72. The summed E-state index contributed by atoms with van der Waals surface area (Å²) >= 11 is 1.83. The Bertz CT molecular complexity index is 674. The Balaban J connectivity index is 1.79. The molecule has 2 N–H and O–H groups in total. The lowest BCUT2D eigenvalue weighted by Gasteiger charge is -2.40. The zero-order chi connectivity index (χ0) is 14.9. The van der Waals surface area contributed by atoms with Crippen LogP contribution >= 0.6 is 11.8 Å². The molecule has 1 aliphatic rings. The lowest BCUT2D eigenvalue weighted by Crippen LogP contribution is -2.45. The zero-order valence-electron chi connectivity index (χ0n) is 12.1. The Morgan fingerprint density at radius 3 is 2.52 bits per heavy atom. The number of carbonyl (C=O) groups is 1. The first-order valence-electron chi connectivity index (χ1n) is 7.19. The van der Waals surface area contributed by atoms with Gasteiger partial charge in [-0.1, -0.05) is 30.7 Å². The van der Waals surface area contributed by atoms with Crippen molar-refractivity contribution >= 4 is 28.4 Å². The van der Waals surface area contributed by atoms with Crippen LogP contribution in [0.3, 0.4) is 0 Å². The molecule has 4 heteroatoms. The van der Waals surface area contributed by atoms with Gasteiger partial charge in [0.1, 0.15) is 5.75 Å². The van der Waals surface area contributed by atoms with Gasteiger partial charge in [0.05, 0.1) is 5.56 Å². The van der Waals surface area contributed by atoms with Gasteiger partial charge in [0, 0.05) is 11.3 Å². The molecule has 3 nitrogen and oxygen atoms in total. The monoisotopic (exact) mass is 301 g/mol. The Hall–Kier alpha value is -1.68. The van der Waals surface area contributed by atoms with Crippen LogP contribution in [0.4, 0.5) is 0 Å². The van der Waals surface area contributed by atoms with Gasteiger partial charge in [0.2, 0.25) is 0 Å². The molecule has 0 bridgehead atoms. The van der Waals surface area contributed by atoms with Crippen molar-refractivity contribution in [2.45, 2.75) is 24.0 Å². The smallest absolute Gasteiger partial charge is 0.255 e. The summed E-state index contributed by atoms with van der Waals surface area (Å²) in [6.07, 6.45) is 5.63. The van der Waals surface area contributed by atoms with Crippen LogP contribution in [0.15, 0.2) is 36.4 Å². The second-order valence-corrected chi connectivity index (χ2v) is 6.91. The van der Waals surface area contributed by atoms with Crippen LogP contribution in [-0.4, -0.2) is 28.6 Å². The summed E-state index contributed by atoms with van der Waals surface area (Å²) in [6, 6.07) is 11.1. The molecule has 0 radical (unpaired) electrons. The number of nitrogens with one attached hydrogen (secondary N) is 1. The predicted octanol–water partition coefficient (Wildman–Crippen LogP) is 3.56. The van der Waals surface area contributed by atoms with Gasteiger partial charge in [-0.05, 0) is 42.0 Å². The fraction of sp³-hybridized carbons (Fsp3) is 0.353. The molecule has 0 aromatic heterocycles. The number of phenolic OH excluding ortho intramolecular Hbond substituents is 1. The van der Waals surface area contributed by atoms with E-state index in [2.05, 4.69) is 11.6 Å². The maximum atomic E-state index is 12.3. The Morgan fingerprint density at radius 1 is 1.29 bits per heavy atom. The van der Waals surface area contributed by atoms with E-state index in [-0.39, 0.29) is 16.4 Å². The number of hydrogen-bond acceptors (Lipinski definition) is 3. The summed E-state index contributed by atoms with van der Waals surface area (Å²) in [5, 5.41) is 14.9. The minimum Gasteiger partial charge on any atom is -0.507 e. The Kier molecular flexibility index (Phi) is 3.81. The number of thioether (sulfide) groups is 1.